The van der Waals surface area contributed by atoms with Crippen molar-refractivity contribution in [2.45, 2.75) is 39.7 Å². The van der Waals surface area contributed by atoms with Crippen molar-refractivity contribution in [1.82, 2.24) is 10.2 Å². The first kappa shape index (κ1) is 13.9. The summed E-state index contributed by atoms with van der Waals surface area (Å²) < 4.78 is 5.19. The molecule has 96 valence electrons. The summed E-state index contributed by atoms with van der Waals surface area (Å²) in [6.45, 7) is 12.4. The van der Waals surface area contributed by atoms with Crippen LogP contribution in [-0.2, 0) is 4.74 Å². The van der Waals surface area contributed by atoms with Gasteiger partial charge < -0.3 is 10.1 Å². The van der Waals surface area contributed by atoms with E-state index in [-0.39, 0.29) is 0 Å². The molecule has 0 bridgehead atoms. The Bertz CT molecular complexity index is 188. The summed E-state index contributed by atoms with van der Waals surface area (Å²) in [6, 6.07) is 0.605. The number of methoxy groups -OCH3 is 1. The molecule has 0 aliphatic carbocycles. The molecule has 0 radical (unpaired) electrons. The van der Waals surface area contributed by atoms with Crippen molar-refractivity contribution in [2.24, 2.45) is 5.41 Å². The van der Waals surface area contributed by atoms with Crippen LogP contribution in [0.5, 0.6) is 0 Å². The number of piperidine rings is 1. The van der Waals surface area contributed by atoms with Crippen LogP contribution in [0, 0.1) is 5.41 Å². The monoisotopic (exact) mass is 228 g/mol. The van der Waals surface area contributed by atoms with Gasteiger partial charge >= 0.3 is 0 Å². The van der Waals surface area contributed by atoms with Crippen molar-refractivity contribution in [3.8, 4) is 0 Å². The minimum absolute atomic E-state index is 0.441. The third-order valence-electron chi connectivity index (χ3n) is 3.58. The van der Waals surface area contributed by atoms with Crippen LogP contribution in [0.2, 0.25) is 0 Å². The fourth-order valence-corrected chi connectivity index (χ4v) is 2.47. The van der Waals surface area contributed by atoms with Crippen molar-refractivity contribution < 1.29 is 4.74 Å². The normalized spacial score (nSPS) is 26.6. The Balaban J connectivity index is 2.45. The zero-order valence-electron chi connectivity index (χ0n) is 11.4. The Labute approximate surface area is 101 Å². The highest BCUT2D eigenvalue weighted by atomic mass is 16.5. The lowest BCUT2D eigenvalue weighted by atomic mass is 9.82. The van der Waals surface area contributed by atoms with Gasteiger partial charge in [-0.3, -0.25) is 4.90 Å². The maximum Gasteiger partial charge on any atom is 0.0589 e. The predicted octanol–water partition coefficient (Wildman–Crippen LogP) is 1.73. The quantitative estimate of drug-likeness (QED) is 0.749. The van der Waals surface area contributed by atoms with E-state index in [2.05, 4.69) is 31.0 Å². The molecule has 0 amide bonds. The van der Waals surface area contributed by atoms with E-state index in [0.29, 0.717) is 11.5 Å². The molecular weight excluding hydrogens is 200 g/mol. The van der Waals surface area contributed by atoms with Crippen LogP contribution >= 0.6 is 0 Å². The van der Waals surface area contributed by atoms with E-state index < -0.39 is 0 Å². The molecule has 16 heavy (non-hydrogen) atoms. The molecule has 3 heteroatoms. The van der Waals surface area contributed by atoms with Crippen molar-refractivity contribution in [3.05, 3.63) is 0 Å². The van der Waals surface area contributed by atoms with Crippen molar-refractivity contribution >= 4 is 0 Å². The van der Waals surface area contributed by atoms with E-state index in [9.17, 15) is 0 Å². The first-order chi connectivity index (χ1) is 7.57. The number of hydrogen-bond donors (Lipinski definition) is 1. The first-order valence-electron chi connectivity index (χ1n) is 6.51. The maximum absolute atomic E-state index is 5.19. The molecule has 1 atom stereocenters. The van der Waals surface area contributed by atoms with Gasteiger partial charge in [-0.05, 0) is 38.6 Å². The fourth-order valence-electron chi connectivity index (χ4n) is 2.47. The number of ether oxygens (including phenoxy) is 1. The van der Waals surface area contributed by atoms with Gasteiger partial charge in [0.25, 0.3) is 0 Å². The summed E-state index contributed by atoms with van der Waals surface area (Å²) in [4.78, 5) is 2.54. The van der Waals surface area contributed by atoms with Crippen molar-refractivity contribution in [2.75, 3.05) is 39.9 Å². The third kappa shape index (κ3) is 4.40. The molecule has 0 aromatic rings. The van der Waals surface area contributed by atoms with Gasteiger partial charge in [-0.25, -0.2) is 0 Å². The second-order valence-corrected chi connectivity index (χ2v) is 5.65. The van der Waals surface area contributed by atoms with Crippen LogP contribution in [0.1, 0.15) is 33.6 Å². The standard InChI is InChI=1S/C13H28N2O/c1-12(2)15(8-9-16-4)11-13(3)6-5-7-14-10-13/h12,14H,5-11H2,1-4H3. The number of rotatable bonds is 6. The molecule has 0 spiro atoms. The Morgan fingerprint density at radius 1 is 1.44 bits per heavy atom. The summed E-state index contributed by atoms with van der Waals surface area (Å²) in [7, 11) is 1.78. The van der Waals surface area contributed by atoms with Gasteiger partial charge in [0.15, 0.2) is 0 Å². The Kier molecular flexibility index (Phi) is 5.73. The lowest BCUT2D eigenvalue weighted by molar-refractivity contribution is 0.0783. The molecule has 1 heterocycles. The predicted molar refractivity (Wildman–Crippen MR) is 68.8 cm³/mol. The van der Waals surface area contributed by atoms with Crippen LogP contribution in [0.4, 0.5) is 0 Å². The van der Waals surface area contributed by atoms with Crippen LogP contribution in [0.25, 0.3) is 0 Å². The molecule has 0 aromatic heterocycles. The van der Waals surface area contributed by atoms with Crippen LogP contribution in [0.3, 0.4) is 0 Å². The van der Waals surface area contributed by atoms with Gasteiger partial charge in [0, 0.05) is 32.8 Å². The summed E-state index contributed by atoms with van der Waals surface area (Å²) in [6.07, 6.45) is 2.66. The summed E-state index contributed by atoms with van der Waals surface area (Å²) in [5.74, 6) is 0. The molecule has 0 saturated carbocycles. The van der Waals surface area contributed by atoms with Gasteiger partial charge in [0.2, 0.25) is 0 Å². The molecule has 1 N–H and O–H groups in total. The van der Waals surface area contributed by atoms with Crippen molar-refractivity contribution in [3.63, 3.8) is 0 Å². The third-order valence-corrected chi connectivity index (χ3v) is 3.58. The number of nitrogens with zero attached hydrogens (tertiary/aromatic N) is 1. The van der Waals surface area contributed by atoms with E-state index in [1.807, 2.05) is 0 Å². The summed E-state index contributed by atoms with van der Waals surface area (Å²) >= 11 is 0. The van der Waals surface area contributed by atoms with Crippen LogP contribution in [-0.4, -0.2) is 50.8 Å². The Hall–Kier alpha value is -0.120. The smallest absolute Gasteiger partial charge is 0.0589 e. The lowest BCUT2D eigenvalue weighted by Crippen LogP contribution is -2.48. The van der Waals surface area contributed by atoms with Gasteiger partial charge in [0.05, 0.1) is 6.61 Å². The second-order valence-electron chi connectivity index (χ2n) is 5.65. The second kappa shape index (κ2) is 6.58. The molecule has 1 aliphatic heterocycles. The topological polar surface area (TPSA) is 24.5 Å². The average Bonchev–Trinajstić information content (AvgIpc) is 2.25. The maximum atomic E-state index is 5.19. The molecule has 1 unspecified atom stereocenters. The van der Waals surface area contributed by atoms with E-state index >= 15 is 0 Å². The molecule has 3 nitrogen and oxygen atoms in total. The minimum atomic E-state index is 0.441. The summed E-state index contributed by atoms with van der Waals surface area (Å²) in [5.41, 5.74) is 0.441. The van der Waals surface area contributed by atoms with Gasteiger partial charge in [-0.15, -0.1) is 0 Å². The molecule has 0 aromatic carbocycles. The summed E-state index contributed by atoms with van der Waals surface area (Å²) in [5, 5.41) is 3.52. The van der Waals surface area contributed by atoms with E-state index in [1.54, 1.807) is 7.11 Å². The largest absolute Gasteiger partial charge is 0.383 e. The lowest BCUT2D eigenvalue weighted by Gasteiger charge is -2.40. The minimum Gasteiger partial charge on any atom is -0.383 e. The Morgan fingerprint density at radius 2 is 2.19 bits per heavy atom. The van der Waals surface area contributed by atoms with E-state index in [1.165, 1.54) is 25.9 Å². The molecule has 1 rings (SSSR count). The van der Waals surface area contributed by atoms with Crippen molar-refractivity contribution in [1.29, 1.82) is 0 Å². The fraction of sp³-hybridized carbons (Fsp3) is 1.00. The highest BCUT2D eigenvalue weighted by Crippen LogP contribution is 2.27. The zero-order chi connectivity index (χ0) is 12.0. The molecular formula is C13H28N2O. The van der Waals surface area contributed by atoms with Gasteiger partial charge in [0.1, 0.15) is 0 Å². The van der Waals surface area contributed by atoms with Gasteiger partial charge in [-0.1, -0.05) is 6.92 Å². The van der Waals surface area contributed by atoms with Crippen LogP contribution in [0.15, 0.2) is 0 Å². The van der Waals surface area contributed by atoms with Gasteiger partial charge in [-0.2, -0.15) is 0 Å². The number of nitrogens with one attached hydrogen (secondary N) is 1. The van der Waals surface area contributed by atoms with Crippen LogP contribution < -0.4 is 5.32 Å². The molecule has 1 aliphatic rings. The number of hydrogen-bond acceptors (Lipinski definition) is 3. The first-order valence-corrected chi connectivity index (χ1v) is 6.51. The highest BCUT2D eigenvalue weighted by molar-refractivity contribution is 4.85. The highest BCUT2D eigenvalue weighted by Gasteiger charge is 2.29. The molecule has 1 fully saturated rings. The van der Waals surface area contributed by atoms with E-state index in [0.717, 1.165) is 19.7 Å². The molecule has 1 saturated heterocycles. The zero-order valence-corrected chi connectivity index (χ0v) is 11.4. The van der Waals surface area contributed by atoms with E-state index in [4.69, 9.17) is 4.74 Å². The average molecular weight is 228 g/mol. The Morgan fingerprint density at radius 3 is 2.69 bits per heavy atom. The SMILES string of the molecule is COCCN(CC1(C)CCCNC1)C(C)C.